The van der Waals surface area contributed by atoms with E-state index in [1.807, 2.05) is 38.2 Å². The van der Waals surface area contributed by atoms with Crippen LogP contribution in [0.3, 0.4) is 0 Å². The summed E-state index contributed by atoms with van der Waals surface area (Å²) in [6, 6.07) is 9.44. The molecule has 0 fully saturated rings. The Morgan fingerprint density at radius 2 is 2.10 bits per heavy atom. The fraction of sp³-hybridized carbons (Fsp3) is 0.294. The van der Waals surface area contributed by atoms with E-state index >= 15 is 0 Å². The van der Waals surface area contributed by atoms with E-state index in [-0.39, 0.29) is 5.78 Å². The molecule has 0 aliphatic carbocycles. The van der Waals surface area contributed by atoms with E-state index in [0.29, 0.717) is 17.9 Å². The molecule has 1 heterocycles. The second-order valence-electron chi connectivity index (χ2n) is 4.68. The zero-order valence-corrected chi connectivity index (χ0v) is 12.4. The molecule has 0 aliphatic heterocycles. The van der Waals surface area contributed by atoms with Gasteiger partial charge in [0.15, 0.2) is 5.78 Å². The monoisotopic (exact) mass is 284 g/mol. The zero-order chi connectivity index (χ0) is 15.1. The summed E-state index contributed by atoms with van der Waals surface area (Å²) in [6.07, 6.45) is 4.02. The molecule has 0 aliphatic rings. The molecule has 4 nitrogen and oxygen atoms in total. The molecule has 21 heavy (non-hydrogen) atoms. The van der Waals surface area contributed by atoms with Crippen molar-refractivity contribution >= 4 is 5.78 Å². The Hall–Kier alpha value is -2.20. The third-order valence-electron chi connectivity index (χ3n) is 3.19. The second-order valence-corrected chi connectivity index (χ2v) is 4.68. The molecule has 0 spiro atoms. The summed E-state index contributed by atoms with van der Waals surface area (Å²) in [4.78, 5) is 16.8. The van der Waals surface area contributed by atoms with Gasteiger partial charge >= 0.3 is 0 Å². The summed E-state index contributed by atoms with van der Waals surface area (Å²) < 4.78 is 5.40. The van der Waals surface area contributed by atoms with E-state index in [0.717, 1.165) is 24.1 Å². The standard InChI is InChI=1S/C17H20N2O2/c1-3-21-15-10-14(11-19-12-15)17(20)16-7-5-4-6-13(16)8-9-18-2/h4-7,10-12,18H,3,8-9H2,1-2H3. The van der Waals surface area contributed by atoms with Crippen LogP contribution < -0.4 is 10.1 Å². The van der Waals surface area contributed by atoms with Gasteiger partial charge < -0.3 is 10.1 Å². The molecule has 110 valence electrons. The van der Waals surface area contributed by atoms with Crippen LogP contribution in [-0.2, 0) is 6.42 Å². The van der Waals surface area contributed by atoms with Crippen LogP contribution >= 0.6 is 0 Å². The van der Waals surface area contributed by atoms with Crippen molar-refractivity contribution in [2.45, 2.75) is 13.3 Å². The van der Waals surface area contributed by atoms with Crippen molar-refractivity contribution in [3.05, 3.63) is 59.4 Å². The van der Waals surface area contributed by atoms with Gasteiger partial charge in [-0.25, -0.2) is 0 Å². The first kappa shape index (κ1) is 15.2. The normalized spacial score (nSPS) is 10.4. The second kappa shape index (κ2) is 7.55. The van der Waals surface area contributed by atoms with Gasteiger partial charge in [-0.2, -0.15) is 0 Å². The molecule has 0 atom stereocenters. The smallest absolute Gasteiger partial charge is 0.194 e. The quantitative estimate of drug-likeness (QED) is 0.794. The van der Waals surface area contributed by atoms with Crippen LogP contribution in [0.1, 0.15) is 28.4 Å². The van der Waals surface area contributed by atoms with Gasteiger partial charge in [0.05, 0.1) is 12.8 Å². The minimum Gasteiger partial charge on any atom is -0.492 e. The van der Waals surface area contributed by atoms with Gasteiger partial charge in [-0.3, -0.25) is 9.78 Å². The van der Waals surface area contributed by atoms with Crippen molar-refractivity contribution in [3.63, 3.8) is 0 Å². The number of nitrogens with zero attached hydrogens (tertiary/aromatic N) is 1. The largest absolute Gasteiger partial charge is 0.492 e. The highest BCUT2D eigenvalue weighted by atomic mass is 16.5. The number of nitrogens with one attached hydrogen (secondary N) is 1. The van der Waals surface area contributed by atoms with Crippen molar-refractivity contribution in [2.24, 2.45) is 0 Å². The number of pyridine rings is 1. The highest BCUT2D eigenvalue weighted by molar-refractivity contribution is 6.09. The maximum atomic E-state index is 12.7. The van der Waals surface area contributed by atoms with E-state index in [4.69, 9.17) is 4.74 Å². The Morgan fingerprint density at radius 3 is 2.86 bits per heavy atom. The van der Waals surface area contributed by atoms with E-state index < -0.39 is 0 Å². The van der Waals surface area contributed by atoms with Crippen LogP contribution in [0, 0.1) is 0 Å². The van der Waals surface area contributed by atoms with Crippen molar-refractivity contribution < 1.29 is 9.53 Å². The van der Waals surface area contributed by atoms with Crippen LogP contribution in [0.2, 0.25) is 0 Å². The molecule has 0 bridgehead atoms. The number of hydrogen-bond donors (Lipinski definition) is 1. The molecule has 2 aromatic rings. The summed E-state index contributed by atoms with van der Waals surface area (Å²) >= 11 is 0. The molecule has 1 N–H and O–H groups in total. The van der Waals surface area contributed by atoms with Crippen molar-refractivity contribution in [1.82, 2.24) is 10.3 Å². The number of ketones is 1. The lowest BCUT2D eigenvalue weighted by atomic mass is 9.97. The Bertz CT molecular complexity index is 611. The molecule has 0 saturated heterocycles. The molecular formula is C17H20N2O2. The summed E-state index contributed by atoms with van der Waals surface area (Å²) in [5.74, 6) is 0.604. The molecule has 1 aromatic heterocycles. The van der Waals surface area contributed by atoms with Gasteiger partial charge in [0.25, 0.3) is 0 Å². The lowest BCUT2D eigenvalue weighted by Crippen LogP contribution is -2.13. The average Bonchev–Trinajstić information content (AvgIpc) is 2.53. The maximum absolute atomic E-state index is 12.7. The molecular weight excluding hydrogens is 264 g/mol. The fourth-order valence-corrected chi connectivity index (χ4v) is 2.16. The summed E-state index contributed by atoms with van der Waals surface area (Å²) in [5, 5.41) is 3.10. The number of benzene rings is 1. The maximum Gasteiger partial charge on any atom is 0.194 e. The lowest BCUT2D eigenvalue weighted by Gasteiger charge is -2.09. The minimum atomic E-state index is -0.0178. The van der Waals surface area contributed by atoms with Crippen LogP contribution in [-0.4, -0.2) is 31.0 Å². The SMILES string of the molecule is CCOc1cncc(C(=O)c2ccccc2CCNC)c1. The number of aromatic nitrogens is 1. The molecule has 0 radical (unpaired) electrons. The van der Waals surface area contributed by atoms with Crippen molar-refractivity contribution in [1.29, 1.82) is 0 Å². The molecule has 2 rings (SSSR count). The zero-order valence-electron chi connectivity index (χ0n) is 12.4. The molecule has 1 aromatic carbocycles. The fourth-order valence-electron chi connectivity index (χ4n) is 2.16. The third-order valence-corrected chi connectivity index (χ3v) is 3.19. The molecule has 4 heteroatoms. The Morgan fingerprint density at radius 1 is 1.29 bits per heavy atom. The van der Waals surface area contributed by atoms with Gasteiger partial charge in [-0.1, -0.05) is 24.3 Å². The molecule has 0 saturated carbocycles. The van der Waals surface area contributed by atoms with Crippen LogP contribution in [0.4, 0.5) is 0 Å². The minimum absolute atomic E-state index is 0.0178. The highest BCUT2D eigenvalue weighted by Crippen LogP contribution is 2.18. The number of likely N-dealkylation sites (N-methyl/N-ethyl adjacent to an activating group) is 1. The third kappa shape index (κ3) is 3.89. The number of hydrogen-bond acceptors (Lipinski definition) is 4. The summed E-state index contributed by atoms with van der Waals surface area (Å²) in [7, 11) is 1.90. The Labute approximate surface area is 125 Å². The number of carbonyl (C=O) groups is 1. The van der Waals surface area contributed by atoms with E-state index in [1.54, 1.807) is 18.5 Å². The predicted octanol–water partition coefficient (Wildman–Crippen LogP) is 2.47. The van der Waals surface area contributed by atoms with E-state index in [9.17, 15) is 4.79 Å². The average molecular weight is 284 g/mol. The first-order valence-corrected chi connectivity index (χ1v) is 7.11. The van der Waals surface area contributed by atoms with Gasteiger partial charge in [0, 0.05) is 17.3 Å². The topological polar surface area (TPSA) is 51.2 Å². The number of rotatable bonds is 7. The number of carbonyl (C=O) groups excluding carboxylic acids is 1. The van der Waals surface area contributed by atoms with Crippen LogP contribution in [0.15, 0.2) is 42.7 Å². The van der Waals surface area contributed by atoms with Crippen LogP contribution in [0.5, 0.6) is 5.75 Å². The van der Waals surface area contributed by atoms with Gasteiger partial charge in [0.1, 0.15) is 5.75 Å². The molecule has 0 unspecified atom stereocenters. The predicted molar refractivity (Wildman–Crippen MR) is 82.9 cm³/mol. The molecule has 0 amide bonds. The van der Waals surface area contributed by atoms with Gasteiger partial charge in [-0.15, -0.1) is 0 Å². The van der Waals surface area contributed by atoms with E-state index in [2.05, 4.69) is 10.3 Å². The Balaban J connectivity index is 2.29. The van der Waals surface area contributed by atoms with Crippen molar-refractivity contribution in [2.75, 3.05) is 20.2 Å². The van der Waals surface area contributed by atoms with Crippen molar-refractivity contribution in [3.8, 4) is 5.75 Å². The van der Waals surface area contributed by atoms with Gasteiger partial charge in [-0.05, 0) is 38.6 Å². The number of ether oxygens (including phenoxy) is 1. The Kier molecular flexibility index (Phi) is 5.46. The first-order chi connectivity index (χ1) is 10.3. The first-order valence-electron chi connectivity index (χ1n) is 7.11. The van der Waals surface area contributed by atoms with Gasteiger partial charge in [0.2, 0.25) is 0 Å². The van der Waals surface area contributed by atoms with Crippen LogP contribution in [0.25, 0.3) is 0 Å². The highest BCUT2D eigenvalue weighted by Gasteiger charge is 2.14. The summed E-state index contributed by atoms with van der Waals surface area (Å²) in [5.41, 5.74) is 2.32. The lowest BCUT2D eigenvalue weighted by molar-refractivity contribution is 0.103. The summed E-state index contributed by atoms with van der Waals surface area (Å²) in [6.45, 7) is 3.29. The van der Waals surface area contributed by atoms with E-state index in [1.165, 1.54) is 0 Å².